The number of imidazole rings is 1. The van der Waals surface area contributed by atoms with Crippen molar-refractivity contribution in [2.24, 2.45) is 0 Å². The van der Waals surface area contributed by atoms with Gasteiger partial charge in [0.15, 0.2) is 10.8 Å². The number of fused-ring (bicyclic) bond motifs is 1. The number of methoxy groups -OCH3 is 1. The number of nitrogens with zero attached hydrogens (tertiary/aromatic N) is 5. The molecule has 122 valence electrons. The SMILES string of the molecule is COc1c(C)ncc(Cn2cnc3c(Cl)nc(N)nc32)c1C.Cl. The van der Waals surface area contributed by atoms with Gasteiger partial charge in [-0.25, -0.2) is 4.98 Å². The maximum atomic E-state index is 6.04. The van der Waals surface area contributed by atoms with Crippen LogP contribution in [0.4, 0.5) is 5.95 Å². The molecule has 0 aliphatic rings. The molecule has 3 aromatic heterocycles. The summed E-state index contributed by atoms with van der Waals surface area (Å²) in [4.78, 5) is 16.7. The zero-order valence-electron chi connectivity index (χ0n) is 12.9. The van der Waals surface area contributed by atoms with Crippen molar-refractivity contribution in [2.45, 2.75) is 20.4 Å². The van der Waals surface area contributed by atoms with Gasteiger partial charge in [0.2, 0.25) is 5.95 Å². The van der Waals surface area contributed by atoms with E-state index in [2.05, 4.69) is 19.9 Å². The molecule has 3 aromatic rings. The predicted octanol–water partition coefficient (Wildman–Crippen LogP) is 2.55. The third kappa shape index (κ3) is 3.02. The maximum absolute atomic E-state index is 6.04. The van der Waals surface area contributed by atoms with Gasteiger partial charge in [0.05, 0.1) is 25.7 Å². The normalized spacial score (nSPS) is 10.6. The third-order valence-corrected chi connectivity index (χ3v) is 3.81. The van der Waals surface area contributed by atoms with Gasteiger partial charge < -0.3 is 15.0 Å². The van der Waals surface area contributed by atoms with Crippen LogP contribution in [0.15, 0.2) is 12.5 Å². The second kappa shape index (κ2) is 6.55. The lowest BCUT2D eigenvalue weighted by Crippen LogP contribution is -2.06. The van der Waals surface area contributed by atoms with E-state index in [9.17, 15) is 0 Å². The number of hydrogen-bond acceptors (Lipinski definition) is 6. The Balaban J connectivity index is 0.00000192. The summed E-state index contributed by atoms with van der Waals surface area (Å²) in [6.45, 7) is 4.45. The van der Waals surface area contributed by atoms with Crippen LogP contribution < -0.4 is 10.5 Å². The van der Waals surface area contributed by atoms with E-state index in [1.165, 1.54) is 0 Å². The van der Waals surface area contributed by atoms with Crippen LogP contribution in [0.5, 0.6) is 5.75 Å². The number of halogens is 2. The lowest BCUT2D eigenvalue weighted by molar-refractivity contribution is 0.405. The van der Waals surface area contributed by atoms with E-state index in [-0.39, 0.29) is 23.5 Å². The number of pyridine rings is 1. The first-order chi connectivity index (χ1) is 10.5. The third-order valence-electron chi connectivity index (χ3n) is 3.55. The Morgan fingerprint density at radius 2 is 2.00 bits per heavy atom. The van der Waals surface area contributed by atoms with Crippen molar-refractivity contribution in [2.75, 3.05) is 12.8 Å². The molecule has 0 aliphatic heterocycles. The average molecular weight is 355 g/mol. The molecule has 3 heterocycles. The minimum atomic E-state index is 0. The van der Waals surface area contributed by atoms with Gasteiger partial charge in [-0.1, -0.05) is 11.6 Å². The Hall–Kier alpha value is -2.12. The van der Waals surface area contributed by atoms with Gasteiger partial charge in [0.25, 0.3) is 0 Å². The second-order valence-electron chi connectivity index (χ2n) is 4.94. The predicted molar refractivity (Wildman–Crippen MR) is 91.4 cm³/mol. The van der Waals surface area contributed by atoms with Crippen LogP contribution in [0.1, 0.15) is 16.8 Å². The van der Waals surface area contributed by atoms with Crippen molar-refractivity contribution < 1.29 is 4.74 Å². The molecule has 0 unspecified atom stereocenters. The largest absolute Gasteiger partial charge is 0.495 e. The number of anilines is 1. The summed E-state index contributed by atoms with van der Waals surface area (Å²) >= 11 is 6.04. The fourth-order valence-corrected chi connectivity index (χ4v) is 2.65. The Labute approximate surface area is 144 Å². The summed E-state index contributed by atoms with van der Waals surface area (Å²) in [6, 6.07) is 0. The second-order valence-corrected chi connectivity index (χ2v) is 5.30. The van der Waals surface area contributed by atoms with Crippen molar-refractivity contribution in [1.82, 2.24) is 24.5 Å². The van der Waals surface area contributed by atoms with Crippen molar-refractivity contribution in [3.63, 3.8) is 0 Å². The van der Waals surface area contributed by atoms with Gasteiger partial charge in [-0.05, 0) is 25.0 Å². The van der Waals surface area contributed by atoms with E-state index in [1.54, 1.807) is 13.4 Å². The van der Waals surface area contributed by atoms with Gasteiger partial charge in [-0.3, -0.25) is 4.98 Å². The zero-order valence-corrected chi connectivity index (χ0v) is 14.4. The van der Waals surface area contributed by atoms with Crippen LogP contribution >= 0.6 is 24.0 Å². The highest BCUT2D eigenvalue weighted by Crippen LogP contribution is 2.26. The van der Waals surface area contributed by atoms with E-state index in [4.69, 9.17) is 22.1 Å². The van der Waals surface area contributed by atoms with Gasteiger partial charge in [-0.2, -0.15) is 9.97 Å². The lowest BCUT2D eigenvalue weighted by Gasteiger charge is -2.13. The number of nitrogens with two attached hydrogens (primary N) is 1. The van der Waals surface area contributed by atoms with Gasteiger partial charge >= 0.3 is 0 Å². The Morgan fingerprint density at radius 3 is 2.70 bits per heavy atom. The molecular formula is C14H16Cl2N6O. The van der Waals surface area contributed by atoms with Gasteiger partial charge in [0, 0.05) is 6.20 Å². The fourth-order valence-electron chi connectivity index (χ4n) is 2.43. The Bertz CT molecular complexity index is 864. The molecule has 7 nitrogen and oxygen atoms in total. The van der Waals surface area contributed by atoms with Crippen LogP contribution in [0, 0.1) is 13.8 Å². The van der Waals surface area contributed by atoms with E-state index in [1.807, 2.05) is 24.6 Å². The molecule has 0 aliphatic carbocycles. The Morgan fingerprint density at radius 1 is 1.26 bits per heavy atom. The monoisotopic (exact) mass is 354 g/mol. The average Bonchev–Trinajstić information content (AvgIpc) is 2.86. The molecule has 0 spiro atoms. The quantitative estimate of drug-likeness (QED) is 0.726. The number of nitrogen functional groups attached to an aromatic ring is 1. The minimum absolute atomic E-state index is 0. The highest BCUT2D eigenvalue weighted by molar-refractivity contribution is 6.33. The summed E-state index contributed by atoms with van der Waals surface area (Å²) in [5.74, 6) is 0.907. The molecule has 0 saturated heterocycles. The number of hydrogen-bond donors (Lipinski definition) is 1. The highest BCUT2D eigenvalue weighted by Gasteiger charge is 2.14. The zero-order chi connectivity index (χ0) is 15.9. The molecule has 0 aromatic carbocycles. The summed E-state index contributed by atoms with van der Waals surface area (Å²) in [6.07, 6.45) is 3.49. The molecule has 0 bridgehead atoms. The summed E-state index contributed by atoms with van der Waals surface area (Å²) in [5.41, 5.74) is 9.68. The number of rotatable bonds is 3. The van der Waals surface area contributed by atoms with Crippen molar-refractivity contribution in [3.8, 4) is 5.75 Å². The first-order valence-electron chi connectivity index (χ1n) is 6.64. The molecule has 0 atom stereocenters. The first-order valence-corrected chi connectivity index (χ1v) is 7.02. The highest BCUT2D eigenvalue weighted by atomic mass is 35.5. The molecule has 3 rings (SSSR count). The van der Waals surface area contributed by atoms with Crippen LogP contribution in [-0.4, -0.2) is 31.6 Å². The lowest BCUT2D eigenvalue weighted by atomic mass is 10.1. The molecule has 0 radical (unpaired) electrons. The van der Waals surface area contributed by atoms with Crippen molar-refractivity contribution in [1.29, 1.82) is 0 Å². The van der Waals surface area contributed by atoms with E-state index < -0.39 is 0 Å². The molecule has 0 amide bonds. The van der Waals surface area contributed by atoms with Gasteiger partial charge in [0.1, 0.15) is 11.3 Å². The van der Waals surface area contributed by atoms with E-state index in [0.29, 0.717) is 17.7 Å². The molecule has 0 saturated carbocycles. The van der Waals surface area contributed by atoms with Crippen LogP contribution in [0.3, 0.4) is 0 Å². The maximum Gasteiger partial charge on any atom is 0.223 e. The minimum Gasteiger partial charge on any atom is -0.495 e. The summed E-state index contributed by atoms with van der Waals surface area (Å²) in [7, 11) is 1.64. The topological polar surface area (TPSA) is 91.7 Å². The summed E-state index contributed by atoms with van der Waals surface area (Å²) in [5, 5.41) is 0.248. The smallest absolute Gasteiger partial charge is 0.223 e. The van der Waals surface area contributed by atoms with E-state index >= 15 is 0 Å². The first kappa shape index (κ1) is 17.2. The Kier molecular flexibility index (Phi) is 4.91. The molecule has 9 heteroatoms. The molecule has 0 fully saturated rings. The molecular weight excluding hydrogens is 339 g/mol. The van der Waals surface area contributed by atoms with Crippen LogP contribution in [0.2, 0.25) is 5.15 Å². The standard InChI is InChI=1S/C14H15ClN6O.ClH/c1-7-9(4-17-8(2)11(7)22-3)5-21-6-18-10-12(15)19-14(16)20-13(10)21;/h4,6H,5H2,1-3H3,(H2,16,19,20);1H. The summed E-state index contributed by atoms with van der Waals surface area (Å²) < 4.78 is 7.27. The molecule has 23 heavy (non-hydrogen) atoms. The number of aryl methyl sites for hydroxylation is 1. The van der Waals surface area contributed by atoms with Crippen molar-refractivity contribution >= 4 is 41.1 Å². The number of ether oxygens (including phenoxy) is 1. The number of aromatic nitrogens is 5. The van der Waals surface area contributed by atoms with E-state index in [0.717, 1.165) is 22.6 Å². The fraction of sp³-hybridized carbons (Fsp3) is 0.286. The van der Waals surface area contributed by atoms with Crippen molar-refractivity contribution in [3.05, 3.63) is 34.5 Å². The van der Waals surface area contributed by atoms with Gasteiger partial charge in [-0.15, -0.1) is 12.4 Å². The van der Waals surface area contributed by atoms with Crippen LogP contribution in [-0.2, 0) is 6.54 Å². The molecule has 2 N–H and O–H groups in total. The van der Waals surface area contributed by atoms with Crippen LogP contribution in [0.25, 0.3) is 11.2 Å².